The van der Waals surface area contributed by atoms with E-state index in [9.17, 15) is 8.78 Å². The van der Waals surface area contributed by atoms with Gasteiger partial charge in [-0.2, -0.15) is 5.26 Å². The zero-order valence-electron chi connectivity index (χ0n) is 7.46. The molecule has 0 amide bonds. The smallest absolute Gasteiger partial charge is 0.152 e. The van der Waals surface area contributed by atoms with Crippen molar-refractivity contribution in [2.45, 2.75) is 0 Å². The van der Waals surface area contributed by atoms with E-state index in [0.29, 0.717) is 0 Å². The number of anilines is 1. The normalized spacial score (nSPS) is 10.2. The van der Waals surface area contributed by atoms with Gasteiger partial charge >= 0.3 is 0 Å². The lowest BCUT2D eigenvalue weighted by atomic mass is 10.1. The van der Waals surface area contributed by atoms with Crippen LogP contribution in [0.4, 0.5) is 14.5 Å². The second-order valence-electron chi connectivity index (χ2n) is 2.98. The monoisotopic (exact) mass is 205 g/mol. The van der Waals surface area contributed by atoms with Crippen LogP contribution in [-0.2, 0) is 0 Å². The van der Waals surface area contributed by atoms with Crippen LogP contribution in [0.25, 0.3) is 10.9 Å². The van der Waals surface area contributed by atoms with Gasteiger partial charge in [-0.05, 0) is 6.07 Å². The largest absolute Gasteiger partial charge is 0.397 e. The van der Waals surface area contributed by atoms with Crippen molar-refractivity contribution in [1.29, 1.82) is 5.26 Å². The number of nitriles is 1. The van der Waals surface area contributed by atoms with Crippen molar-refractivity contribution >= 4 is 16.6 Å². The Balaban J connectivity index is 2.94. The molecule has 5 heteroatoms. The van der Waals surface area contributed by atoms with Crippen molar-refractivity contribution in [3.63, 3.8) is 0 Å². The predicted molar refractivity (Wildman–Crippen MR) is 50.8 cm³/mol. The molecule has 15 heavy (non-hydrogen) atoms. The number of nitrogen functional groups attached to an aromatic ring is 1. The first kappa shape index (κ1) is 9.34. The van der Waals surface area contributed by atoms with Crippen LogP contribution in [0.1, 0.15) is 5.56 Å². The van der Waals surface area contributed by atoms with Crippen LogP contribution < -0.4 is 5.73 Å². The molecule has 1 aromatic carbocycles. The van der Waals surface area contributed by atoms with Gasteiger partial charge in [-0.1, -0.05) is 0 Å². The van der Waals surface area contributed by atoms with Crippen LogP contribution in [0.5, 0.6) is 0 Å². The van der Waals surface area contributed by atoms with Crippen LogP contribution in [0.3, 0.4) is 0 Å². The molecule has 2 N–H and O–H groups in total. The molecule has 0 radical (unpaired) electrons. The third kappa shape index (κ3) is 1.36. The Bertz CT molecular complexity index is 587. The van der Waals surface area contributed by atoms with Crippen molar-refractivity contribution in [3.8, 4) is 6.07 Å². The van der Waals surface area contributed by atoms with E-state index in [2.05, 4.69) is 4.98 Å². The van der Waals surface area contributed by atoms with E-state index in [4.69, 9.17) is 11.0 Å². The fourth-order valence-electron chi connectivity index (χ4n) is 1.34. The zero-order valence-corrected chi connectivity index (χ0v) is 7.46. The van der Waals surface area contributed by atoms with Crippen molar-refractivity contribution in [3.05, 3.63) is 35.5 Å². The van der Waals surface area contributed by atoms with Gasteiger partial charge in [0, 0.05) is 17.6 Å². The third-order valence-electron chi connectivity index (χ3n) is 2.05. The molecule has 0 bridgehead atoms. The molecule has 74 valence electrons. The molecule has 0 spiro atoms. The first-order valence-electron chi connectivity index (χ1n) is 4.07. The summed E-state index contributed by atoms with van der Waals surface area (Å²) in [5, 5.41) is 8.78. The number of rotatable bonds is 0. The van der Waals surface area contributed by atoms with Gasteiger partial charge in [-0.15, -0.1) is 0 Å². The summed E-state index contributed by atoms with van der Waals surface area (Å²) in [6, 6.07) is 3.57. The topological polar surface area (TPSA) is 62.7 Å². The molecule has 1 heterocycles. The Morgan fingerprint density at radius 2 is 2.07 bits per heavy atom. The van der Waals surface area contributed by atoms with Crippen LogP contribution in [-0.4, -0.2) is 4.98 Å². The molecule has 2 rings (SSSR count). The highest BCUT2D eigenvalue weighted by molar-refractivity contribution is 5.92. The van der Waals surface area contributed by atoms with Gasteiger partial charge in [0.1, 0.15) is 17.4 Å². The summed E-state index contributed by atoms with van der Waals surface area (Å²) in [4.78, 5) is 3.71. The summed E-state index contributed by atoms with van der Waals surface area (Å²) in [7, 11) is 0. The molecule has 0 aliphatic carbocycles. The fourth-order valence-corrected chi connectivity index (χ4v) is 1.34. The summed E-state index contributed by atoms with van der Waals surface area (Å²) in [5.74, 6) is -1.54. The highest BCUT2D eigenvalue weighted by Gasteiger charge is 2.10. The SMILES string of the molecule is N#Cc1cnc2c(F)cc(F)cc2c1N. The molecule has 0 saturated carbocycles. The Kier molecular flexibility index (Phi) is 1.97. The Labute approximate surface area is 83.8 Å². The first-order valence-corrected chi connectivity index (χ1v) is 4.07. The number of nitrogens with two attached hydrogens (primary N) is 1. The lowest BCUT2D eigenvalue weighted by molar-refractivity contribution is 0.590. The van der Waals surface area contributed by atoms with Gasteiger partial charge in [-0.25, -0.2) is 8.78 Å². The van der Waals surface area contributed by atoms with E-state index < -0.39 is 11.6 Å². The first-order chi connectivity index (χ1) is 7.13. The Morgan fingerprint density at radius 3 is 2.73 bits per heavy atom. The molecular weight excluding hydrogens is 200 g/mol. The average Bonchev–Trinajstić information content (AvgIpc) is 2.19. The van der Waals surface area contributed by atoms with Gasteiger partial charge < -0.3 is 5.73 Å². The fraction of sp³-hybridized carbons (Fsp3) is 0. The maximum absolute atomic E-state index is 13.2. The van der Waals surface area contributed by atoms with E-state index >= 15 is 0 Å². The summed E-state index contributed by atoms with van der Waals surface area (Å²) in [5.41, 5.74) is 5.68. The molecule has 1 aromatic heterocycles. The molecular formula is C10H5F2N3. The van der Waals surface area contributed by atoms with Crippen molar-refractivity contribution in [1.82, 2.24) is 4.98 Å². The number of benzene rings is 1. The highest BCUT2D eigenvalue weighted by Crippen LogP contribution is 2.25. The minimum atomic E-state index is -0.791. The summed E-state index contributed by atoms with van der Waals surface area (Å²) in [6.45, 7) is 0. The van der Waals surface area contributed by atoms with Gasteiger partial charge in [0.15, 0.2) is 5.82 Å². The molecule has 0 aliphatic rings. The van der Waals surface area contributed by atoms with E-state index in [0.717, 1.165) is 12.1 Å². The number of hydrogen-bond donors (Lipinski definition) is 1. The molecule has 0 aliphatic heterocycles. The number of halogens is 2. The molecule has 3 nitrogen and oxygen atoms in total. The summed E-state index contributed by atoms with van der Waals surface area (Å²) in [6.07, 6.45) is 1.17. The van der Waals surface area contributed by atoms with E-state index in [1.807, 2.05) is 0 Å². The molecule has 0 unspecified atom stereocenters. The van der Waals surface area contributed by atoms with Crippen LogP contribution >= 0.6 is 0 Å². The third-order valence-corrected chi connectivity index (χ3v) is 2.05. The summed E-state index contributed by atoms with van der Waals surface area (Å²) < 4.78 is 26.1. The molecule has 0 fully saturated rings. The highest BCUT2D eigenvalue weighted by atomic mass is 19.1. The predicted octanol–water partition coefficient (Wildman–Crippen LogP) is 1.97. The number of fused-ring (bicyclic) bond motifs is 1. The maximum atomic E-state index is 13.2. The van der Waals surface area contributed by atoms with Crippen LogP contribution in [0.2, 0.25) is 0 Å². The van der Waals surface area contributed by atoms with Gasteiger partial charge in [-0.3, -0.25) is 4.98 Å². The van der Waals surface area contributed by atoms with E-state index in [-0.39, 0.29) is 22.2 Å². The number of aromatic nitrogens is 1. The Hall–Kier alpha value is -2.22. The lowest BCUT2D eigenvalue weighted by Crippen LogP contribution is -1.96. The van der Waals surface area contributed by atoms with Crippen molar-refractivity contribution in [2.75, 3.05) is 5.73 Å². The van der Waals surface area contributed by atoms with Gasteiger partial charge in [0.25, 0.3) is 0 Å². The van der Waals surface area contributed by atoms with E-state index in [1.54, 1.807) is 6.07 Å². The van der Waals surface area contributed by atoms with Crippen molar-refractivity contribution < 1.29 is 8.78 Å². The lowest BCUT2D eigenvalue weighted by Gasteiger charge is -2.03. The van der Waals surface area contributed by atoms with Gasteiger partial charge in [0.2, 0.25) is 0 Å². The van der Waals surface area contributed by atoms with Crippen molar-refractivity contribution in [2.24, 2.45) is 0 Å². The Morgan fingerprint density at radius 1 is 1.33 bits per heavy atom. The molecule has 0 atom stereocenters. The standard InChI is InChI=1S/C10H5F2N3/c11-6-1-7-9(14)5(3-13)4-15-10(7)8(12)2-6/h1-2,4H,(H2,14,15). The average molecular weight is 205 g/mol. The second-order valence-corrected chi connectivity index (χ2v) is 2.98. The number of hydrogen-bond acceptors (Lipinski definition) is 3. The minimum Gasteiger partial charge on any atom is -0.397 e. The molecule has 2 aromatic rings. The maximum Gasteiger partial charge on any atom is 0.152 e. The van der Waals surface area contributed by atoms with Crippen LogP contribution in [0, 0.1) is 23.0 Å². The van der Waals surface area contributed by atoms with Crippen LogP contribution in [0.15, 0.2) is 18.3 Å². The molecule has 0 saturated heterocycles. The number of nitrogens with zero attached hydrogens (tertiary/aromatic N) is 2. The van der Waals surface area contributed by atoms with E-state index in [1.165, 1.54) is 6.20 Å². The second kappa shape index (κ2) is 3.17. The van der Waals surface area contributed by atoms with Gasteiger partial charge in [0.05, 0.1) is 11.3 Å². The minimum absolute atomic E-state index is 0.0344. The number of pyridine rings is 1. The quantitative estimate of drug-likeness (QED) is 0.715. The zero-order chi connectivity index (χ0) is 11.0. The summed E-state index contributed by atoms with van der Waals surface area (Å²) >= 11 is 0.